The lowest BCUT2D eigenvalue weighted by atomic mass is 10.3. The Kier molecular flexibility index (Phi) is 13.1. The number of nitrogens with one attached hydrogen (secondary N) is 1. The summed E-state index contributed by atoms with van der Waals surface area (Å²) in [4.78, 5) is 5.35. The number of benzene rings is 1. The number of hydrogen-bond donors (Lipinski definition) is 1. The molecule has 0 spiro atoms. The molecule has 0 fully saturated rings. The number of rotatable bonds is 16. The minimum Gasteiger partial charge on any atom is -0.489 e. The lowest BCUT2D eigenvalue weighted by Crippen LogP contribution is -2.13. The Hall–Kier alpha value is -1.34. The van der Waals surface area contributed by atoms with E-state index in [0.29, 0.717) is 46.2 Å². The summed E-state index contributed by atoms with van der Waals surface area (Å²) >= 11 is 0. The highest BCUT2D eigenvalue weighted by molar-refractivity contribution is 5.54. The minimum absolute atomic E-state index is 0.476. The van der Waals surface area contributed by atoms with Gasteiger partial charge in [-0.05, 0) is 25.5 Å². The summed E-state index contributed by atoms with van der Waals surface area (Å²) in [6.07, 6.45) is 2.25. The van der Waals surface area contributed by atoms with Crippen molar-refractivity contribution in [3.63, 3.8) is 0 Å². The predicted octanol–water partition coefficient (Wildman–Crippen LogP) is 3.28. The molecule has 0 amide bonds. The molecule has 0 aliphatic rings. The van der Waals surface area contributed by atoms with Crippen LogP contribution < -0.4 is 10.2 Å². The first-order valence-electron chi connectivity index (χ1n) is 8.71. The molecule has 0 heterocycles. The topological polar surface area (TPSA) is 58.2 Å². The number of ether oxygens (including phenoxy) is 4. The van der Waals surface area contributed by atoms with E-state index in [2.05, 4.69) is 12.4 Å². The van der Waals surface area contributed by atoms with Gasteiger partial charge in [-0.2, -0.15) is 0 Å². The molecule has 0 radical (unpaired) electrons. The second-order valence-electron chi connectivity index (χ2n) is 5.07. The van der Waals surface area contributed by atoms with E-state index in [1.54, 1.807) is 0 Å². The molecule has 0 bridgehead atoms. The van der Waals surface area contributed by atoms with Crippen LogP contribution in [0.3, 0.4) is 0 Å². The fourth-order valence-electron chi connectivity index (χ4n) is 1.83. The van der Waals surface area contributed by atoms with E-state index >= 15 is 0 Å². The normalized spacial score (nSPS) is 10.8. The first-order chi connectivity index (χ1) is 11.9. The molecule has 0 atom stereocenters. The van der Waals surface area contributed by atoms with Gasteiger partial charge in [0.1, 0.15) is 18.0 Å². The van der Waals surface area contributed by atoms with Crippen LogP contribution in [-0.2, 0) is 19.0 Å². The van der Waals surface area contributed by atoms with Crippen LogP contribution in [0.25, 0.3) is 0 Å². The van der Waals surface area contributed by atoms with Crippen molar-refractivity contribution in [2.45, 2.75) is 26.7 Å². The summed E-state index contributed by atoms with van der Waals surface area (Å²) in [5.74, 6) is 0.733. The van der Waals surface area contributed by atoms with Gasteiger partial charge in [0.05, 0.1) is 33.0 Å². The van der Waals surface area contributed by atoms with Crippen LogP contribution >= 0.6 is 0 Å². The fourth-order valence-corrected chi connectivity index (χ4v) is 1.83. The summed E-state index contributed by atoms with van der Waals surface area (Å²) in [6, 6.07) is 7.63. The number of para-hydroxylation sites is 2. The molecular formula is C18H31NO5. The van der Waals surface area contributed by atoms with E-state index in [-0.39, 0.29) is 0 Å². The molecule has 6 nitrogen and oxygen atoms in total. The van der Waals surface area contributed by atoms with Crippen molar-refractivity contribution in [1.29, 1.82) is 0 Å². The Morgan fingerprint density at radius 1 is 0.792 bits per heavy atom. The zero-order valence-electron chi connectivity index (χ0n) is 14.9. The molecule has 0 unspecified atom stereocenters. The first-order valence-corrected chi connectivity index (χ1v) is 8.71. The van der Waals surface area contributed by atoms with E-state index in [1.807, 2.05) is 31.2 Å². The number of unbranched alkanes of at least 4 members (excludes halogenated alkanes) is 1. The SMILES string of the molecule is CCCCOCCOCCOc1ccccc1NOCCOCC. The van der Waals surface area contributed by atoms with Gasteiger partial charge in [0.2, 0.25) is 0 Å². The smallest absolute Gasteiger partial charge is 0.144 e. The Balaban J connectivity index is 2.11. The standard InChI is InChI=1S/C18H31NO5/c1-3-5-10-21-11-12-22-13-15-23-18-9-7-6-8-17(18)19-24-16-14-20-4-2/h6-9,19H,3-5,10-16H2,1-2H3. The highest BCUT2D eigenvalue weighted by atomic mass is 16.7. The van der Waals surface area contributed by atoms with Crippen LogP contribution in [-0.4, -0.2) is 52.9 Å². The van der Waals surface area contributed by atoms with Crippen molar-refractivity contribution in [2.24, 2.45) is 0 Å². The molecule has 0 saturated carbocycles. The van der Waals surface area contributed by atoms with Gasteiger partial charge in [-0.1, -0.05) is 25.5 Å². The second kappa shape index (κ2) is 15.2. The molecule has 0 aromatic heterocycles. The Bertz CT molecular complexity index is 403. The average molecular weight is 341 g/mol. The van der Waals surface area contributed by atoms with Crippen molar-refractivity contribution in [2.75, 3.05) is 58.3 Å². The fraction of sp³-hybridized carbons (Fsp3) is 0.667. The maximum absolute atomic E-state index is 5.72. The van der Waals surface area contributed by atoms with Gasteiger partial charge in [-0.3, -0.25) is 10.3 Å². The molecule has 1 rings (SSSR count). The zero-order chi connectivity index (χ0) is 17.3. The Morgan fingerprint density at radius 2 is 1.50 bits per heavy atom. The van der Waals surface area contributed by atoms with Crippen molar-refractivity contribution < 1.29 is 23.8 Å². The van der Waals surface area contributed by atoms with Crippen LogP contribution in [0.4, 0.5) is 5.69 Å². The summed E-state index contributed by atoms with van der Waals surface area (Å²) in [7, 11) is 0. The van der Waals surface area contributed by atoms with E-state index in [9.17, 15) is 0 Å². The monoisotopic (exact) mass is 341 g/mol. The van der Waals surface area contributed by atoms with Crippen LogP contribution in [0.5, 0.6) is 5.75 Å². The van der Waals surface area contributed by atoms with E-state index in [1.165, 1.54) is 0 Å². The summed E-state index contributed by atoms with van der Waals surface area (Å²) in [6.45, 7) is 8.85. The summed E-state index contributed by atoms with van der Waals surface area (Å²) in [5.41, 5.74) is 3.68. The van der Waals surface area contributed by atoms with E-state index in [4.69, 9.17) is 23.8 Å². The van der Waals surface area contributed by atoms with Crippen LogP contribution in [0.2, 0.25) is 0 Å². The quantitative estimate of drug-likeness (QED) is 0.368. The van der Waals surface area contributed by atoms with Crippen molar-refractivity contribution in [3.8, 4) is 5.75 Å². The maximum atomic E-state index is 5.72. The molecule has 0 aliphatic carbocycles. The van der Waals surface area contributed by atoms with Crippen LogP contribution in [0.1, 0.15) is 26.7 Å². The number of anilines is 1. The van der Waals surface area contributed by atoms with Crippen molar-refractivity contribution in [1.82, 2.24) is 0 Å². The van der Waals surface area contributed by atoms with Gasteiger partial charge in [-0.25, -0.2) is 0 Å². The molecule has 138 valence electrons. The average Bonchev–Trinajstić information content (AvgIpc) is 2.61. The lowest BCUT2D eigenvalue weighted by molar-refractivity contribution is 0.0355. The van der Waals surface area contributed by atoms with Gasteiger partial charge < -0.3 is 18.9 Å². The maximum Gasteiger partial charge on any atom is 0.144 e. The highest BCUT2D eigenvalue weighted by Crippen LogP contribution is 2.23. The third-order valence-corrected chi connectivity index (χ3v) is 3.10. The van der Waals surface area contributed by atoms with Crippen LogP contribution in [0, 0.1) is 0 Å². The van der Waals surface area contributed by atoms with Gasteiger partial charge in [0.25, 0.3) is 0 Å². The second-order valence-corrected chi connectivity index (χ2v) is 5.07. The van der Waals surface area contributed by atoms with Gasteiger partial charge in [-0.15, -0.1) is 0 Å². The third kappa shape index (κ3) is 10.4. The van der Waals surface area contributed by atoms with Gasteiger partial charge in [0.15, 0.2) is 0 Å². The molecule has 24 heavy (non-hydrogen) atoms. The molecule has 1 aromatic rings. The van der Waals surface area contributed by atoms with Gasteiger partial charge in [0, 0.05) is 13.2 Å². The molecule has 6 heteroatoms. The molecule has 0 saturated heterocycles. The lowest BCUT2D eigenvalue weighted by Gasteiger charge is -2.13. The van der Waals surface area contributed by atoms with Crippen molar-refractivity contribution in [3.05, 3.63) is 24.3 Å². The first kappa shape index (κ1) is 20.7. The largest absolute Gasteiger partial charge is 0.489 e. The van der Waals surface area contributed by atoms with Crippen molar-refractivity contribution >= 4 is 5.69 Å². The Labute approximate surface area is 145 Å². The van der Waals surface area contributed by atoms with Crippen LogP contribution in [0.15, 0.2) is 24.3 Å². The molecular weight excluding hydrogens is 310 g/mol. The zero-order valence-corrected chi connectivity index (χ0v) is 14.9. The van der Waals surface area contributed by atoms with E-state index in [0.717, 1.165) is 30.9 Å². The summed E-state index contributed by atoms with van der Waals surface area (Å²) < 4.78 is 21.8. The minimum atomic E-state index is 0.476. The van der Waals surface area contributed by atoms with Gasteiger partial charge >= 0.3 is 0 Å². The Morgan fingerprint density at radius 3 is 2.29 bits per heavy atom. The molecule has 1 N–H and O–H groups in total. The predicted molar refractivity (Wildman–Crippen MR) is 94.6 cm³/mol. The molecule has 1 aromatic carbocycles. The third-order valence-electron chi connectivity index (χ3n) is 3.10. The summed E-state index contributed by atoms with van der Waals surface area (Å²) in [5, 5.41) is 0. The highest BCUT2D eigenvalue weighted by Gasteiger charge is 2.02. The van der Waals surface area contributed by atoms with E-state index < -0.39 is 0 Å². The molecule has 0 aliphatic heterocycles. The number of hydrogen-bond acceptors (Lipinski definition) is 6.